The Kier molecular flexibility index (Phi) is 7.39. The van der Waals surface area contributed by atoms with Crippen molar-refractivity contribution in [2.24, 2.45) is 5.92 Å². The molecule has 1 saturated heterocycles. The van der Waals surface area contributed by atoms with Crippen molar-refractivity contribution in [1.82, 2.24) is 10.2 Å². The Bertz CT molecular complexity index is 590. The fraction of sp³-hybridized carbons (Fsp3) is 0.588. The Labute approximate surface area is 151 Å². The number of carbonyl (C=O) groups excluding carboxylic acids is 3. The molecule has 2 rings (SSSR count). The quantitative estimate of drug-likeness (QED) is 0.733. The number of ether oxygens (including phenoxy) is 2. The topological polar surface area (TPSA) is 84.9 Å². The molecule has 0 radical (unpaired) electrons. The Morgan fingerprint density at radius 2 is 2.24 bits per heavy atom. The smallest absolute Gasteiger partial charge is 0.311 e. The van der Waals surface area contributed by atoms with Gasteiger partial charge in [-0.15, -0.1) is 11.3 Å². The molecule has 0 spiro atoms. The lowest BCUT2D eigenvalue weighted by Gasteiger charge is -2.31. The van der Waals surface area contributed by atoms with Gasteiger partial charge in [0.15, 0.2) is 6.61 Å². The van der Waals surface area contributed by atoms with E-state index in [1.165, 1.54) is 11.3 Å². The van der Waals surface area contributed by atoms with Crippen LogP contribution in [-0.4, -0.2) is 62.1 Å². The van der Waals surface area contributed by atoms with E-state index in [0.717, 1.165) is 6.42 Å². The van der Waals surface area contributed by atoms with E-state index in [-0.39, 0.29) is 30.4 Å². The summed E-state index contributed by atoms with van der Waals surface area (Å²) in [5.74, 6) is -1.24. The van der Waals surface area contributed by atoms with Crippen LogP contribution in [0.25, 0.3) is 0 Å². The van der Waals surface area contributed by atoms with Crippen molar-refractivity contribution in [3.8, 4) is 0 Å². The highest BCUT2D eigenvalue weighted by molar-refractivity contribution is 7.12. The van der Waals surface area contributed by atoms with Crippen molar-refractivity contribution in [2.45, 2.75) is 25.8 Å². The second kappa shape index (κ2) is 9.53. The van der Waals surface area contributed by atoms with Crippen molar-refractivity contribution < 1.29 is 23.9 Å². The fourth-order valence-electron chi connectivity index (χ4n) is 2.77. The fourth-order valence-corrected chi connectivity index (χ4v) is 3.46. The monoisotopic (exact) mass is 368 g/mol. The lowest BCUT2D eigenvalue weighted by atomic mass is 9.98. The first kappa shape index (κ1) is 19.4. The summed E-state index contributed by atoms with van der Waals surface area (Å²) in [5.41, 5.74) is 0. The van der Waals surface area contributed by atoms with Crippen LogP contribution in [0.5, 0.6) is 0 Å². The van der Waals surface area contributed by atoms with Crippen molar-refractivity contribution >= 4 is 29.1 Å². The maximum absolute atomic E-state index is 12.4. The molecule has 1 aliphatic heterocycles. The van der Waals surface area contributed by atoms with Crippen LogP contribution in [0.4, 0.5) is 0 Å². The van der Waals surface area contributed by atoms with Crippen LogP contribution in [0.15, 0.2) is 17.5 Å². The molecule has 1 aromatic heterocycles. The summed E-state index contributed by atoms with van der Waals surface area (Å²) in [7, 11) is 1.55. The minimum absolute atomic E-state index is 0.0568. The molecule has 25 heavy (non-hydrogen) atoms. The van der Waals surface area contributed by atoms with Crippen LogP contribution in [0.2, 0.25) is 0 Å². The molecular weight excluding hydrogens is 344 g/mol. The number of rotatable bonds is 7. The number of nitrogens with one attached hydrogen (secondary N) is 1. The Morgan fingerprint density at radius 3 is 2.92 bits per heavy atom. The van der Waals surface area contributed by atoms with Crippen LogP contribution in [0.3, 0.4) is 0 Å². The van der Waals surface area contributed by atoms with Crippen LogP contribution in [-0.2, 0) is 19.1 Å². The van der Waals surface area contributed by atoms with Gasteiger partial charge in [0.1, 0.15) is 0 Å². The minimum atomic E-state index is -0.432. The number of esters is 1. The molecule has 2 amide bonds. The average molecular weight is 368 g/mol. The Balaban J connectivity index is 1.79. The first-order chi connectivity index (χ1) is 12.0. The summed E-state index contributed by atoms with van der Waals surface area (Å²) in [6, 6.07) is 3.46. The van der Waals surface area contributed by atoms with Gasteiger partial charge in [0.05, 0.1) is 17.4 Å². The van der Waals surface area contributed by atoms with Gasteiger partial charge in [0.25, 0.3) is 11.8 Å². The maximum Gasteiger partial charge on any atom is 0.311 e. The largest absolute Gasteiger partial charge is 0.455 e. The lowest BCUT2D eigenvalue weighted by molar-refractivity contribution is -0.154. The first-order valence-electron chi connectivity index (χ1n) is 8.29. The van der Waals surface area contributed by atoms with E-state index in [4.69, 9.17) is 9.47 Å². The summed E-state index contributed by atoms with van der Waals surface area (Å²) in [4.78, 5) is 38.7. The van der Waals surface area contributed by atoms with Gasteiger partial charge in [-0.25, -0.2) is 0 Å². The van der Waals surface area contributed by atoms with Crippen molar-refractivity contribution in [1.29, 1.82) is 0 Å². The number of thiophene rings is 1. The molecule has 2 heterocycles. The number of piperidine rings is 1. The number of amides is 2. The molecule has 7 nitrogen and oxygen atoms in total. The zero-order valence-corrected chi connectivity index (χ0v) is 15.3. The van der Waals surface area contributed by atoms with Gasteiger partial charge < -0.3 is 19.7 Å². The third kappa shape index (κ3) is 5.82. The SMILES string of the molecule is COCC(C)NC(=O)COC(=O)C1CCCN(C(=O)c2cccs2)C1. The van der Waals surface area contributed by atoms with Gasteiger partial charge in [-0.2, -0.15) is 0 Å². The van der Waals surface area contributed by atoms with Crippen molar-refractivity contribution in [3.05, 3.63) is 22.4 Å². The van der Waals surface area contributed by atoms with Gasteiger partial charge >= 0.3 is 5.97 Å². The Hall–Kier alpha value is -1.93. The van der Waals surface area contributed by atoms with Gasteiger partial charge in [0.2, 0.25) is 0 Å². The summed E-state index contributed by atoms with van der Waals surface area (Å²) in [6.45, 7) is 2.84. The van der Waals surface area contributed by atoms with Gasteiger partial charge in [-0.05, 0) is 31.2 Å². The number of carbonyl (C=O) groups is 3. The molecule has 0 saturated carbocycles. The molecule has 0 bridgehead atoms. The molecule has 0 aromatic carbocycles. The normalized spacial score (nSPS) is 18.5. The molecule has 1 fully saturated rings. The molecular formula is C17H24N2O5S. The molecule has 0 aliphatic carbocycles. The highest BCUT2D eigenvalue weighted by Gasteiger charge is 2.30. The van der Waals surface area contributed by atoms with E-state index >= 15 is 0 Å². The molecule has 2 unspecified atom stereocenters. The van der Waals surface area contributed by atoms with Gasteiger partial charge in [0, 0.05) is 26.2 Å². The van der Waals surface area contributed by atoms with E-state index in [1.807, 2.05) is 11.4 Å². The van der Waals surface area contributed by atoms with Crippen LogP contribution < -0.4 is 5.32 Å². The van der Waals surface area contributed by atoms with E-state index < -0.39 is 5.97 Å². The third-order valence-electron chi connectivity index (χ3n) is 3.94. The minimum Gasteiger partial charge on any atom is -0.455 e. The highest BCUT2D eigenvalue weighted by Crippen LogP contribution is 2.21. The van der Waals surface area contributed by atoms with Gasteiger partial charge in [-0.1, -0.05) is 6.07 Å². The Morgan fingerprint density at radius 1 is 1.44 bits per heavy atom. The number of hydrogen-bond acceptors (Lipinski definition) is 6. The summed E-state index contributed by atoms with van der Waals surface area (Å²) in [6.07, 6.45) is 1.41. The number of likely N-dealkylation sites (tertiary alicyclic amines) is 1. The summed E-state index contributed by atoms with van der Waals surface area (Å²) in [5, 5.41) is 4.53. The second-order valence-corrected chi connectivity index (χ2v) is 7.05. The van der Waals surface area contributed by atoms with E-state index in [2.05, 4.69) is 5.32 Å². The summed E-state index contributed by atoms with van der Waals surface area (Å²) < 4.78 is 10.0. The molecule has 8 heteroatoms. The van der Waals surface area contributed by atoms with E-state index in [1.54, 1.807) is 25.0 Å². The first-order valence-corrected chi connectivity index (χ1v) is 9.17. The van der Waals surface area contributed by atoms with Crippen molar-refractivity contribution in [2.75, 3.05) is 33.4 Å². The van der Waals surface area contributed by atoms with Crippen LogP contribution >= 0.6 is 11.3 Å². The standard InChI is InChI=1S/C17H24N2O5S/c1-12(10-23-2)18-15(20)11-24-17(22)13-5-3-7-19(9-13)16(21)14-6-4-8-25-14/h4,6,8,12-13H,3,5,7,9-11H2,1-2H3,(H,18,20). The van der Waals surface area contributed by atoms with Gasteiger partial charge in [-0.3, -0.25) is 14.4 Å². The van der Waals surface area contributed by atoms with E-state index in [0.29, 0.717) is 31.0 Å². The van der Waals surface area contributed by atoms with E-state index in [9.17, 15) is 14.4 Å². The second-order valence-electron chi connectivity index (χ2n) is 6.10. The predicted molar refractivity (Wildman–Crippen MR) is 93.4 cm³/mol. The summed E-state index contributed by atoms with van der Waals surface area (Å²) >= 11 is 1.39. The predicted octanol–water partition coefficient (Wildman–Crippen LogP) is 1.29. The number of methoxy groups -OCH3 is 1. The zero-order chi connectivity index (χ0) is 18.2. The third-order valence-corrected chi connectivity index (χ3v) is 4.80. The number of nitrogens with zero attached hydrogens (tertiary/aromatic N) is 1. The molecule has 1 aromatic rings. The molecule has 2 atom stereocenters. The number of hydrogen-bond donors (Lipinski definition) is 1. The molecule has 138 valence electrons. The average Bonchev–Trinajstić information content (AvgIpc) is 3.14. The maximum atomic E-state index is 12.4. The van der Waals surface area contributed by atoms with Crippen molar-refractivity contribution in [3.63, 3.8) is 0 Å². The highest BCUT2D eigenvalue weighted by atomic mass is 32.1. The lowest BCUT2D eigenvalue weighted by Crippen LogP contribution is -2.43. The molecule has 1 aliphatic rings. The molecule has 1 N–H and O–H groups in total. The van der Waals surface area contributed by atoms with Crippen LogP contribution in [0, 0.1) is 5.92 Å². The van der Waals surface area contributed by atoms with Crippen LogP contribution in [0.1, 0.15) is 29.4 Å². The zero-order valence-electron chi connectivity index (χ0n) is 14.5.